The molecule has 4 nitrogen and oxygen atoms in total. The van der Waals surface area contributed by atoms with Gasteiger partial charge in [0, 0.05) is 6.08 Å². The Morgan fingerprint density at radius 1 is 1.28 bits per heavy atom. The van der Waals surface area contributed by atoms with E-state index in [-0.39, 0.29) is 5.91 Å². The predicted octanol–water partition coefficient (Wildman–Crippen LogP) is 2.49. The van der Waals surface area contributed by atoms with Crippen molar-refractivity contribution in [2.75, 3.05) is 0 Å². The molecule has 0 aromatic rings. The first-order chi connectivity index (χ1) is 8.49. The van der Waals surface area contributed by atoms with Gasteiger partial charge in [-0.2, -0.15) is 0 Å². The standard InChI is InChI=1S/C14H23NO3/c1-10(2)8-13(16)15-12(14(17)18)9-11-6-4-3-5-7-11/h8,11-12H,3-7,9H2,1-2H3,(H,15,16)(H,17,18). The Morgan fingerprint density at radius 3 is 2.39 bits per heavy atom. The fraction of sp³-hybridized carbons (Fsp3) is 0.714. The smallest absolute Gasteiger partial charge is 0.326 e. The first-order valence-corrected chi connectivity index (χ1v) is 6.67. The molecule has 0 radical (unpaired) electrons. The number of carboxylic acids is 1. The van der Waals surface area contributed by atoms with Gasteiger partial charge in [-0.15, -0.1) is 0 Å². The second-order valence-corrected chi connectivity index (χ2v) is 5.36. The Morgan fingerprint density at radius 2 is 1.89 bits per heavy atom. The monoisotopic (exact) mass is 253 g/mol. The summed E-state index contributed by atoms with van der Waals surface area (Å²) in [6.45, 7) is 3.63. The van der Waals surface area contributed by atoms with Crippen LogP contribution in [0.2, 0.25) is 0 Å². The molecule has 1 aliphatic rings. The van der Waals surface area contributed by atoms with E-state index in [1.54, 1.807) is 0 Å². The highest BCUT2D eigenvalue weighted by Crippen LogP contribution is 2.27. The fourth-order valence-electron chi connectivity index (χ4n) is 2.45. The minimum Gasteiger partial charge on any atom is -0.480 e. The zero-order chi connectivity index (χ0) is 13.5. The first-order valence-electron chi connectivity index (χ1n) is 6.67. The number of carboxylic acid groups (broad SMARTS) is 1. The topological polar surface area (TPSA) is 66.4 Å². The Kier molecular flexibility index (Phi) is 5.89. The van der Waals surface area contributed by atoms with Crippen LogP contribution in [-0.2, 0) is 9.59 Å². The van der Waals surface area contributed by atoms with Crippen LogP contribution >= 0.6 is 0 Å². The van der Waals surface area contributed by atoms with E-state index in [1.165, 1.54) is 25.3 Å². The number of nitrogens with one attached hydrogen (secondary N) is 1. The van der Waals surface area contributed by atoms with Crippen molar-refractivity contribution in [1.29, 1.82) is 0 Å². The molecule has 0 bridgehead atoms. The van der Waals surface area contributed by atoms with E-state index in [0.29, 0.717) is 12.3 Å². The molecule has 0 aromatic carbocycles. The molecule has 0 aliphatic heterocycles. The van der Waals surface area contributed by atoms with Crippen molar-refractivity contribution < 1.29 is 14.7 Å². The number of carbonyl (C=O) groups excluding carboxylic acids is 1. The average molecular weight is 253 g/mol. The van der Waals surface area contributed by atoms with Gasteiger partial charge in [-0.3, -0.25) is 4.79 Å². The van der Waals surface area contributed by atoms with Gasteiger partial charge in [0.1, 0.15) is 6.04 Å². The van der Waals surface area contributed by atoms with E-state index >= 15 is 0 Å². The number of hydrogen-bond donors (Lipinski definition) is 2. The molecule has 1 saturated carbocycles. The molecule has 1 atom stereocenters. The van der Waals surface area contributed by atoms with E-state index in [9.17, 15) is 9.59 Å². The normalized spacial score (nSPS) is 17.9. The van der Waals surface area contributed by atoms with Crippen LogP contribution in [0.15, 0.2) is 11.6 Å². The summed E-state index contributed by atoms with van der Waals surface area (Å²) in [5.41, 5.74) is 0.870. The van der Waals surface area contributed by atoms with Gasteiger partial charge in [-0.25, -0.2) is 4.79 Å². The maximum absolute atomic E-state index is 11.6. The molecule has 1 aliphatic carbocycles. The van der Waals surface area contributed by atoms with Gasteiger partial charge in [0.05, 0.1) is 0 Å². The van der Waals surface area contributed by atoms with E-state index in [0.717, 1.165) is 18.4 Å². The second kappa shape index (κ2) is 7.19. The molecule has 0 aromatic heterocycles. The summed E-state index contributed by atoms with van der Waals surface area (Å²) in [7, 11) is 0. The number of carbonyl (C=O) groups is 2. The van der Waals surface area contributed by atoms with Gasteiger partial charge in [-0.05, 0) is 26.2 Å². The number of allylic oxidation sites excluding steroid dienone is 1. The summed E-state index contributed by atoms with van der Waals surface area (Å²) in [5, 5.41) is 11.7. The number of aliphatic carboxylic acids is 1. The Hall–Kier alpha value is -1.32. The Labute approximate surface area is 108 Å². The maximum Gasteiger partial charge on any atom is 0.326 e. The summed E-state index contributed by atoms with van der Waals surface area (Å²) in [6.07, 6.45) is 7.77. The zero-order valence-corrected chi connectivity index (χ0v) is 11.2. The van der Waals surface area contributed by atoms with E-state index in [4.69, 9.17) is 5.11 Å². The third kappa shape index (κ3) is 5.34. The van der Waals surface area contributed by atoms with Crippen LogP contribution in [0.4, 0.5) is 0 Å². The number of amides is 1. The predicted molar refractivity (Wildman–Crippen MR) is 70.2 cm³/mol. The van der Waals surface area contributed by atoms with Crippen LogP contribution in [0, 0.1) is 5.92 Å². The van der Waals surface area contributed by atoms with E-state index in [1.807, 2.05) is 13.8 Å². The highest BCUT2D eigenvalue weighted by atomic mass is 16.4. The van der Waals surface area contributed by atoms with Gasteiger partial charge >= 0.3 is 5.97 Å². The lowest BCUT2D eigenvalue weighted by Crippen LogP contribution is -2.41. The largest absolute Gasteiger partial charge is 0.480 e. The van der Waals surface area contributed by atoms with Crippen molar-refractivity contribution in [3.8, 4) is 0 Å². The van der Waals surface area contributed by atoms with E-state index in [2.05, 4.69) is 5.32 Å². The van der Waals surface area contributed by atoms with Gasteiger partial charge in [0.2, 0.25) is 5.91 Å². The molecule has 18 heavy (non-hydrogen) atoms. The number of rotatable bonds is 5. The summed E-state index contributed by atoms with van der Waals surface area (Å²) < 4.78 is 0. The summed E-state index contributed by atoms with van der Waals surface area (Å²) in [6, 6.07) is -0.754. The van der Waals surface area contributed by atoms with Crippen LogP contribution in [0.3, 0.4) is 0 Å². The summed E-state index contributed by atoms with van der Waals surface area (Å²) in [5.74, 6) is -0.804. The Bertz CT molecular complexity index is 326. The zero-order valence-electron chi connectivity index (χ0n) is 11.2. The van der Waals surface area contributed by atoms with Gasteiger partial charge in [0.25, 0.3) is 0 Å². The molecule has 4 heteroatoms. The fourth-order valence-corrected chi connectivity index (χ4v) is 2.45. The Balaban J connectivity index is 2.51. The molecule has 0 saturated heterocycles. The minimum absolute atomic E-state index is 0.307. The van der Waals surface area contributed by atoms with E-state index < -0.39 is 12.0 Å². The van der Waals surface area contributed by atoms with Crippen molar-refractivity contribution in [3.05, 3.63) is 11.6 Å². The average Bonchev–Trinajstić information content (AvgIpc) is 2.28. The quantitative estimate of drug-likeness (QED) is 0.740. The molecule has 1 rings (SSSR count). The van der Waals surface area contributed by atoms with Crippen molar-refractivity contribution in [2.24, 2.45) is 5.92 Å². The molecular formula is C14H23NO3. The van der Waals surface area contributed by atoms with Crippen LogP contribution in [0.25, 0.3) is 0 Å². The maximum atomic E-state index is 11.6. The highest BCUT2D eigenvalue weighted by Gasteiger charge is 2.24. The van der Waals surface area contributed by atoms with Gasteiger partial charge in [-0.1, -0.05) is 37.7 Å². The molecule has 2 N–H and O–H groups in total. The number of hydrogen-bond acceptors (Lipinski definition) is 2. The lowest BCUT2D eigenvalue weighted by molar-refractivity contribution is -0.141. The second-order valence-electron chi connectivity index (χ2n) is 5.36. The van der Waals surface area contributed by atoms with Gasteiger partial charge < -0.3 is 10.4 Å². The lowest BCUT2D eigenvalue weighted by Gasteiger charge is -2.24. The molecule has 1 fully saturated rings. The van der Waals surface area contributed by atoms with Crippen molar-refractivity contribution >= 4 is 11.9 Å². The molecule has 102 valence electrons. The highest BCUT2D eigenvalue weighted by molar-refractivity contribution is 5.91. The third-order valence-corrected chi connectivity index (χ3v) is 3.33. The first kappa shape index (κ1) is 14.7. The van der Waals surface area contributed by atoms with Crippen LogP contribution in [-0.4, -0.2) is 23.0 Å². The van der Waals surface area contributed by atoms with Crippen LogP contribution < -0.4 is 5.32 Å². The van der Waals surface area contributed by atoms with Gasteiger partial charge in [0.15, 0.2) is 0 Å². The van der Waals surface area contributed by atoms with Crippen molar-refractivity contribution in [3.63, 3.8) is 0 Å². The molecule has 0 spiro atoms. The lowest BCUT2D eigenvalue weighted by atomic mass is 9.85. The van der Waals surface area contributed by atoms with Crippen molar-refractivity contribution in [2.45, 2.75) is 58.4 Å². The van der Waals surface area contributed by atoms with Crippen molar-refractivity contribution in [1.82, 2.24) is 5.32 Å². The molecule has 1 unspecified atom stereocenters. The summed E-state index contributed by atoms with van der Waals surface area (Å²) in [4.78, 5) is 22.7. The molecular weight excluding hydrogens is 230 g/mol. The van der Waals surface area contributed by atoms with Crippen LogP contribution in [0.5, 0.6) is 0 Å². The third-order valence-electron chi connectivity index (χ3n) is 3.33. The molecule has 1 amide bonds. The minimum atomic E-state index is -0.934. The van der Waals surface area contributed by atoms with Crippen LogP contribution in [0.1, 0.15) is 52.4 Å². The SMILES string of the molecule is CC(C)=CC(=O)NC(CC1CCCCC1)C(=O)O. The molecule has 0 heterocycles. The summed E-state index contributed by atoms with van der Waals surface area (Å²) >= 11 is 0.